The number of hydrogen-bond donors (Lipinski definition) is 2. The van der Waals surface area contributed by atoms with Crippen LogP contribution in [0.2, 0.25) is 5.02 Å². The second-order valence-electron chi connectivity index (χ2n) is 7.05. The van der Waals surface area contributed by atoms with Crippen molar-refractivity contribution in [3.05, 3.63) is 29.3 Å². The second-order valence-corrected chi connectivity index (χ2v) is 7.48. The number of hydrogen-bond acceptors (Lipinski definition) is 3. The first kappa shape index (κ1) is 17.7. The largest absolute Gasteiger partial charge is 0.325 e. The Balaban J connectivity index is 1.73. The summed E-state index contributed by atoms with van der Waals surface area (Å²) in [6.07, 6.45) is 3.03. The molecular weight excluding hydrogens is 342 g/mol. The summed E-state index contributed by atoms with van der Waals surface area (Å²) in [7, 11) is 0. The number of imide groups is 1. The summed E-state index contributed by atoms with van der Waals surface area (Å²) in [6, 6.07) is 5.34. The van der Waals surface area contributed by atoms with E-state index in [1.165, 1.54) is 0 Å². The molecule has 1 atom stereocenters. The summed E-state index contributed by atoms with van der Waals surface area (Å²) in [5.41, 5.74) is -0.314. The van der Waals surface area contributed by atoms with Gasteiger partial charge < -0.3 is 10.6 Å². The van der Waals surface area contributed by atoms with E-state index in [2.05, 4.69) is 17.6 Å². The molecule has 2 N–H and O–H groups in total. The predicted molar refractivity (Wildman–Crippen MR) is 95.3 cm³/mol. The molecule has 1 saturated heterocycles. The van der Waals surface area contributed by atoms with E-state index in [4.69, 9.17) is 11.6 Å². The van der Waals surface area contributed by atoms with Crippen LogP contribution in [0.5, 0.6) is 0 Å². The van der Waals surface area contributed by atoms with E-state index in [1.807, 2.05) is 0 Å². The van der Waals surface area contributed by atoms with Crippen LogP contribution in [0, 0.1) is 5.92 Å². The molecule has 134 valence electrons. The average Bonchev–Trinajstić information content (AvgIpc) is 2.80. The Morgan fingerprint density at radius 3 is 2.68 bits per heavy atom. The van der Waals surface area contributed by atoms with Gasteiger partial charge in [-0.3, -0.25) is 9.59 Å². The number of nitrogens with one attached hydrogen (secondary N) is 2. The van der Waals surface area contributed by atoms with Gasteiger partial charge in [-0.15, -0.1) is 0 Å². The molecule has 1 aromatic rings. The monoisotopic (exact) mass is 363 g/mol. The van der Waals surface area contributed by atoms with Crippen molar-refractivity contribution in [3.8, 4) is 0 Å². The first-order chi connectivity index (χ1) is 11.8. The zero-order valence-electron chi connectivity index (χ0n) is 14.3. The lowest BCUT2D eigenvalue weighted by Crippen LogP contribution is -2.51. The molecule has 6 nitrogen and oxygen atoms in total. The highest BCUT2D eigenvalue weighted by molar-refractivity contribution is 6.30. The third-order valence-corrected chi connectivity index (χ3v) is 5.42. The molecule has 3 rings (SSSR count). The molecule has 0 radical (unpaired) electrons. The molecule has 4 amide bonds. The number of amides is 4. The first-order valence-corrected chi connectivity index (χ1v) is 8.92. The van der Waals surface area contributed by atoms with Gasteiger partial charge in [0.2, 0.25) is 5.91 Å². The minimum absolute atomic E-state index is 0.293. The average molecular weight is 364 g/mol. The van der Waals surface area contributed by atoms with Crippen LogP contribution in [0.1, 0.15) is 39.5 Å². The zero-order valence-corrected chi connectivity index (χ0v) is 15.1. The minimum Gasteiger partial charge on any atom is -0.324 e. The number of halogens is 1. The van der Waals surface area contributed by atoms with Gasteiger partial charge in [-0.2, -0.15) is 0 Å². The summed E-state index contributed by atoms with van der Waals surface area (Å²) in [5, 5.41) is 6.03. The van der Waals surface area contributed by atoms with Gasteiger partial charge in [0.15, 0.2) is 0 Å². The SMILES string of the molecule is CC1CCC2(CC1)NC(=O)N([C@@H](C)C(=O)Nc1cccc(Cl)c1)C2=O. The third-order valence-electron chi connectivity index (χ3n) is 5.18. The molecule has 1 aliphatic heterocycles. The van der Waals surface area contributed by atoms with Crippen LogP contribution in [0.25, 0.3) is 0 Å². The minimum atomic E-state index is -0.898. The molecule has 0 aromatic heterocycles. The number of benzene rings is 1. The maximum atomic E-state index is 12.9. The van der Waals surface area contributed by atoms with Crippen LogP contribution in [-0.4, -0.2) is 34.3 Å². The van der Waals surface area contributed by atoms with Crippen molar-refractivity contribution in [1.82, 2.24) is 10.2 Å². The fourth-order valence-corrected chi connectivity index (χ4v) is 3.71. The van der Waals surface area contributed by atoms with Crippen LogP contribution >= 0.6 is 11.6 Å². The van der Waals surface area contributed by atoms with Crippen LogP contribution in [0.3, 0.4) is 0 Å². The highest BCUT2D eigenvalue weighted by atomic mass is 35.5. The second kappa shape index (κ2) is 6.67. The number of carbonyl (C=O) groups excluding carboxylic acids is 3. The topological polar surface area (TPSA) is 78.5 Å². The number of urea groups is 1. The van der Waals surface area contributed by atoms with Gasteiger partial charge in [0.1, 0.15) is 11.6 Å². The lowest BCUT2D eigenvalue weighted by Gasteiger charge is -2.34. The van der Waals surface area contributed by atoms with Gasteiger partial charge in [-0.25, -0.2) is 9.69 Å². The van der Waals surface area contributed by atoms with Gasteiger partial charge >= 0.3 is 6.03 Å². The quantitative estimate of drug-likeness (QED) is 0.809. The number of carbonyl (C=O) groups is 3. The molecule has 1 spiro atoms. The van der Waals surface area contributed by atoms with Gasteiger partial charge in [-0.1, -0.05) is 24.6 Å². The molecule has 1 heterocycles. The summed E-state index contributed by atoms with van der Waals surface area (Å²) in [5.74, 6) is -0.168. The number of anilines is 1. The lowest BCUT2D eigenvalue weighted by molar-refractivity contribution is -0.137. The standard InChI is InChI=1S/C18H22ClN3O3/c1-11-6-8-18(9-7-11)16(24)22(17(25)21-18)12(2)15(23)20-14-5-3-4-13(19)10-14/h3-5,10-12H,6-9H2,1-2H3,(H,20,23)(H,21,25)/t11?,12-,18?/m0/s1. The summed E-state index contributed by atoms with van der Waals surface area (Å²) in [6.45, 7) is 3.70. The van der Waals surface area contributed by atoms with E-state index in [0.29, 0.717) is 29.5 Å². The van der Waals surface area contributed by atoms with Crippen LogP contribution in [-0.2, 0) is 9.59 Å². The molecule has 7 heteroatoms. The van der Waals surface area contributed by atoms with Crippen LogP contribution in [0.15, 0.2) is 24.3 Å². The highest BCUT2D eigenvalue weighted by Gasteiger charge is 2.54. The maximum Gasteiger partial charge on any atom is 0.325 e. The summed E-state index contributed by atoms with van der Waals surface area (Å²) in [4.78, 5) is 38.8. The Hall–Kier alpha value is -2.08. The molecule has 1 saturated carbocycles. The number of nitrogens with zero attached hydrogens (tertiary/aromatic N) is 1. The van der Waals surface area contributed by atoms with E-state index < -0.39 is 23.5 Å². The van der Waals surface area contributed by atoms with E-state index in [9.17, 15) is 14.4 Å². The first-order valence-electron chi connectivity index (χ1n) is 8.55. The fourth-order valence-electron chi connectivity index (χ4n) is 3.52. The van der Waals surface area contributed by atoms with Crippen molar-refractivity contribution < 1.29 is 14.4 Å². The maximum absolute atomic E-state index is 12.9. The Labute approximate surface area is 151 Å². The number of rotatable bonds is 3. The molecular formula is C18H22ClN3O3. The Morgan fingerprint density at radius 1 is 1.36 bits per heavy atom. The molecule has 25 heavy (non-hydrogen) atoms. The normalized spacial score (nSPS) is 27.3. The summed E-state index contributed by atoms with van der Waals surface area (Å²) >= 11 is 5.91. The van der Waals surface area contributed by atoms with Crippen molar-refractivity contribution in [2.45, 2.75) is 51.1 Å². The van der Waals surface area contributed by atoms with Gasteiger partial charge in [-0.05, 0) is 56.7 Å². The van der Waals surface area contributed by atoms with Crippen molar-refractivity contribution in [2.24, 2.45) is 5.92 Å². The van der Waals surface area contributed by atoms with Crippen molar-refractivity contribution in [1.29, 1.82) is 0 Å². The Bertz CT molecular complexity index is 713. The Morgan fingerprint density at radius 2 is 2.04 bits per heavy atom. The van der Waals surface area contributed by atoms with Crippen molar-refractivity contribution in [2.75, 3.05) is 5.32 Å². The molecule has 1 aromatic carbocycles. The van der Waals surface area contributed by atoms with Crippen molar-refractivity contribution >= 4 is 35.1 Å². The third kappa shape index (κ3) is 3.35. The van der Waals surface area contributed by atoms with Crippen molar-refractivity contribution in [3.63, 3.8) is 0 Å². The fraction of sp³-hybridized carbons (Fsp3) is 0.500. The molecule has 2 fully saturated rings. The van der Waals surface area contributed by atoms with E-state index >= 15 is 0 Å². The lowest BCUT2D eigenvalue weighted by atomic mass is 9.77. The van der Waals surface area contributed by atoms with Crippen LogP contribution < -0.4 is 10.6 Å². The highest BCUT2D eigenvalue weighted by Crippen LogP contribution is 2.37. The van der Waals surface area contributed by atoms with E-state index in [-0.39, 0.29) is 5.91 Å². The van der Waals surface area contributed by atoms with E-state index in [1.54, 1.807) is 31.2 Å². The van der Waals surface area contributed by atoms with Gasteiger partial charge in [0.05, 0.1) is 0 Å². The molecule has 2 aliphatic rings. The summed E-state index contributed by atoms with van der Waals surface area (Å²) < 4.78 is 0. The van der Waals surface area contributed by atoms with E-state index in [0.717, 1.165) is 17.7 Å². The van der Waals surface area contributed by atoms with Crippen LogP contribution in [0.4, 0.5) is 10.5 Å². The van der Waals surface area contributed by atoms with Gasteiger partial charge in [0, 0.05) is 10.7 Å². The Kier molecular flexibility index (Phi) is 4.73. The molecule has 1 aliphatic carbocycles. The smallest absolute Gasteiger partial charge is 0.324 e. The molecule has 0 unspecified atom stereocenters. The zero-order chi connectivity index (χ0) is 18.2. The molecule has 0 bridgehead atoms. The van der Waals surface area contributed by atoms with Gasteiger partial charge in [0.25, 0.3) is 5.91 Å². The predicted octanol–water partition coefficient (Wildman–Crippen LogP) is 3.17.